The van der Waals surface area contributed by atoms with Crippen molar-refractivity contribution in [2.75, 3.05) is 13.2 Å². The fourth-order valence-corrected chi connectivity index (χ4v) is 1.00. The van der Waals surface area contributed by atoms with Crippen LogP contribution in [0.4, 0.5) is 0 Å². The molecule has 7 heteroatoms. The number of carbonyl (C=O) groups is 2. The summed E-state index contributed by atoms with van der Waals surface area (Å²) in [7, 11) is 0. The highest BCUT2D eigenvalue weighted by Crippen LogP contribution is 2.05. The molecular formula is C10H12N2O5. The van der Waals surface area contributed by atoms with E-state index in [-0.39, 0.29) is 6.61 Å². The van der Waals surface area contributed by atoms with Gasteiger partial charge in [0.15, 0.2) is 6.61 Å². The van der Waals surface area contributed by atoms with Crippen molar-refractivity contribution >= 4 is 11.9 Å². The molecule has 0 spiro atoms. The number of ether oxygens (including phenoxy) is 1. The maximum absolute atomic E-state index is 11.3. The topological polar surface area (TPSA) is 109 Å². The number of aliphatic carboxylic acids is 1. The Morgan fingerprint density at radius 2 is 2.29 bits per heavy atom. The first kappa shape index (κ1) is 12.9. The number of carbonyl (C=O) groups excluding carboxylic acids is 1. The van der Waals surface area contributed by atoms with Gasteiger partial charge in [-0.3, -0.25) is 9.78 Å². The van der Waals surface area contributed by atoms with E-state index in [9.17, 15) is 9.59 Å². The molecule has 3 N–H and O–H groups in total. The van der Waals surface area contributed by atoms with Gasteiger partial charge in [-0.2, -0.15) is 0 Å². The number of aliphatic hydroxyl groups excluding tert-OH is 1. The van der Waals surface area contributed by atoms with Crippen LogP contribution in [0, 0.1) is 0 Å². The second kappa shape index (κ2) is 6.44. The minimum atomic E-state index is -1.32. The number of rotatable bonds is 6. The lowest BCUT2D eigenvalue weighted by Crippen LogP contribution is -2.45. The van der Waals surface area contributed by atoms with Gasteiger partial charge >= 0.3 is 5.97 Å². The number of amides is 1. The van der Waals surface area contributed by atoms with Gasteiger partial charge in [-0.15, -0.1) is 0 Å². The van der Waals surface area contributed by atoms with Crippen molar-refractivity contribution in [2.24, 2.45) is 0 Å². The molecule has 92 valence electrons. The highest BCUT2D eigenvalue weighted by molar-refractivity contribution is 5.84. The van der Waals surface area contributed by atoms with Crippen molar-refractivity contribution in [2.45, 2.75) is 6.04 Å². The molecule has 0 fully saturated rings. The average Bonchev–Trinajstić information content (AvgIpc) is 2.34. The van der Waals surface area contributed by atoms with E-state index in [2.05, 4.69) is 10.3 Å². The number of carboxylic acid groups (broad SMARTS) is 1. The number of nitrogens with zero attached hydrogens (tertiary/aromatic N) is 1. The predicted molar refractivity (Wildman–Crippen MR) is 56.4 cm³/mol. The predicted octanol–water partition coefficient (Wildman–Crippen LogP) is -0.978. The van der Waals surface area contributed by atoms with Crippen molar-refractivity contribution in [3.63, 3.8) is 0 Å². The van der Waals surface area contributed by atoms with Crippen LogP contribution in [-0.2, 0) is 9.59 Å². The van der Waals surface area contributed by atoms with Crippen molar-refractivity contribution in [1.82, 2.24) is 10.3 Å². The minimum absolute atomic E-state index is 0.338. The quantitative estimate of drug-likeness (QED) is 0.590. The lowest BCUT2D eigenvalue weighted by molar-refractivity contribution is -0.143. The highest BCUT2D eigenvalue weighted by Gasteiger charge is 2.18. The maximum Gasteiger partial charge on any atom is 0.328 e. The zero-order chi connectivity index (χ0) is 12.7. The summed E-state index contributed by atoms with van der Waals surface area (Å²) in [4.78, 5) is 25.6. The van der Waals surface area contributed by atoms with Crippen molar-refractivity contribution in [3.05, 3.63) is 24.5 Å². The first-order valence-corrected chi connectivity index (χ1v) is 4.79. The standard InChI is InChI=1S/C10H12N2O5/c13-5-8(10(15)16)12-9(14)6-17-7-2-1-3-11-4-7/h1-4,8,13H,5-6H2,(H,12,14)(H,15,16). The van der Waals surface area contributed by atoms with E-state index in [1.807, 2.05) is 0 Å². The third-order valence-electron chi connectivity index (χ3n) is 1.82. The Kier molecular flexibility index (Phi) is 4.89. The van der Waals surface area contributed by atoms with Gasteiger partial charge in [-0.25, -0.2) is 4.79 Å². The largest absolute Gasteiger partial charge is 0.482 e. The zero-order valence-corrected chi connectivity index (χ0v) is 8.87. The van der Waals surface area contributed by atoms with E-state index in [0.29, 0.717) is 5.75 Å². The van der Waals surface area contributed by atoms with Gasteiger partial charge in [0.25, 0.3) is 5.91 Å². The average molecular weight is 240 g/mol. The summed E-state index contributed by atoms with van der Waals surface area (Å²) in [5.41, 5.74) is 0. The third kappa shape index (κ3) is 4.47. The van der Waals surface area contributed by atoms with Gasteiger partial charge in [-0.1, -0.05) is 0 Å². The van der Waals surface area contributed by atoms with E-state index in [1.165, 1.54) is 6.20 Å². The normalized spacial score (nSPS) is 11.6. The molecule has 1 heterocycles. The van der Waals surface area contributed by atoms with E-state index in [1.54, 1.807) is 18.3 Å². The van der Waals surface area contributed by atoms with Crippen LogP contribution < -0.4 is 10.1 Å². The number of nitrogens with one attached hydrogen (secondary N) is 1. The highest BCUT2D eigenvalue weighted by atomic mass is 16.5. The summed E-state index contributed by atoms with van der Waals surface area (Å²) >= 11 is 0. The molecular weight excluding hydrogens is 228 g/mol. The SMILES string of the molecule is O=C(COc1cccnc1)NC(CO)C(=O)O. The first-order chi connectivity index (χ1) is 8.13. The number of pyridine rings is 1. The Morgan fingerprint density at radius 1 is 1.53 bits per heavy atom. The van der Waals surface area contributed by atoms with Gasteiger partial charge in [0.05, 0.1) is 12.8 Å². The summed E-state index contributed by atoms with van der Waals surface area (Å²) in [6, 6.07) is 1.93. The number of hydrogen-bond acceptors (Lipinski definition) is 5. The molecule has 1 rings (SSSR count). The molecule has 0 bridgehead atoms. The Labute approximate surface area is 97.1 Å². The van der Waals surface area contributed by atoms with Crippen LogP contribution >= 0.6 is 0 Å². The summed E-state index contributed by atoms with van der Waals surface area (Å²) < 4.78 is 5.04. The number of aliphatic hydroxyl groups is 1. The van der Waals surface area contributed by atoms with Crippen molar-refractivity contribution in [3.8, 4) is 5.75 Å². The molecule has 0 aliphatic heterocycles. The molecule has 1 aromatic rings. The van der Waals surface area contributed by atoms with Gasteiger partial charge < -0.3 is 20.3 Å². The van der Waals surface area contributed by atoms with Gasteiger partial charge in [0, 0.05) is 6.20 Å². The Balaban J connectivity index is 2.37. The molecule has 1 unspecified atom stereocenters. The Hall–Kier alpha value is -2.15. The smallest absolute Gasteiger partial charge is 0.328 e. The van der Waals surface area contributed by atoms with Crippen LogP contribution in [-0.4, -0.2) is 46.3 Å². The molecule has 0 aliphatic carbocycles. The van der Waals surface area contributed by atoms with Crippen LogP contribution in [0.15, 0.2) is 24.5 Å². The van der Waals surface area contributed by atoms with Crippen LogP contribution in [0.25, 0.3) is 0 Å². The lowest BCUT2D eigenvalue weighted by atomic mass is 10.3. The van der Waals surface area contributed by atoms with Gasteiger partial charge in [-0.05, 0) is 12.1 Å². The minimum Gasteiger partial charge on any atom is -0.482 e. The monoisotopic (exact) mass is 240 g/mol. The second-order valence-corrected chi connectivity index (χ2v) is 3.12. The molecule has 1 aromatic heterocycles. The Bertz CT molecular complexity index is 382. The molecule has 17 heavy (non-hydrogen) atoms. The van der Waals surface area contributed by atoms with Crippen LogP contribution in [0.3, 0.4) is 0 Å². The Morgan fingerprint density at radius 3 is 2.82 bits per heavy atom. The van der Waals surface area contributed by atoms with Crippen LogP contribution in [0.1, 0.15) is 0 Å². The molecule has 0 aromatic carbocycles. The van der Waals surface area contributed by atoms with E-state index in [0.717, 1.165) is 0 Å². The van der Waals surface area contributed by atoms with E-state index in [4.69, 9.17) is 14.9 Å². The summed E-state index contributed by atoms with van der Waals surface area (Å²) in [5, 5.41) is 19.4. The zero-order valence-electron chi connectivity index (χ0n) is 8.87. The number of carboxylic acids is 1. The van der Waals surface area contributed by atoms with E-state index >= 15 is 0 Å². The summed E-state index contributed by atoms with van der Waals surface area (Å²) in [6.45, 7) is -1.01. The fourth-order valence-electron chi connectivity index (χ4n) is 1.00. The molecule has 0 saturated carbocycles. The molecule has 7 nitrogen and oxygen atoms in total. The van der Waals surface area contributed by atoms with Crippen LogP contribution in [0.5, 0.6) is 5.75 Å². The molecule has 1 amide bonds. The van der Waals surface area contributed by atoms with Gasteiger partial charge in [0.2, 0.25) is 0 Å². The maximum atomic E-state index is 11.3. The second-order valence-electron chi connectivity index (χ2n) is 3.12. The lowest BCUT2D eigenvalue weighted by Gasteiger charge is -2.11. The van der Waals surface area contributed by atoms with Crippen LogP contribution in [0.2, 0.25) is 0 Å². The molecule has 0 radical (unpaired) electrons. The molecule has 0 saturated heterocycles. The van der Waals surface area contributed by atoms with Gasteiger partial charge in [0.1, 0.15) is 11.8 Å². The van der Waals surface area contributed by atoms with Crippen molar-refractivity contribution < 1.29 is 24.5 Å². The first-order valence-electron chi connectivity index (χ1n) is 4.79. The summed E-state index contributed by atoms with van der Waals surface area (Å²) in [6.07, 6.45) is 2.98. The fraction of sp³-hybridized carbons (Fsp3) is 0.300. The number of hydrogen-bond donors (Lipinski definition) is 3. The number of aromatic nitrogens is 1. The third-order valence-corrected chi connectivity index (χ3v) is 1.82. The van der Waals surface area contributed by atoms with E-state index < -0.39 is 24.5 Å². The van der Waals surface area contributed by atoms with Crippen molar-refractivity contribution in [1.29, 1.82) is 0 Å². The molecule has 0 aliphatic rings. The summed E-state index contributed by atoms with van der Waals surface area (Å²) in [5.74, 6) is -1.53. The molecule has 1 atom stereocenters.